The second-order valence-electron chi connectivity index (χ2n) is 3.52. The standard InChI is InChI=1S/C9H18F3NO5Si/c1-15-19(16-2,17-3)6-4-5-13-8(14)18-7-9(10,11)12/h4-7H2,1-3H3,(H,13,14). The third kappa shape index (κ3) is 8.03. The highest BCUT2D eigenvalue weighted by atomic mass is 28.4. The summed E-state index contributed by atoms with van der Waals surface area (Å²) in [5.41, 5.74) is 0. The maximum Gasteiger partial charge on any atom is 0.500 e. The van der Waals surface area contributed by atoms with Gasteiger partial charge in [0.05, 0.1) is 0 Å². The fourth-order valence-electron chi connectivity index (χ4n) is 1.25. The summed E-state index contributed by atoms with van der Waals surface area (Å²) in [6.07, 6.45) is -5.21. The first-order valence-electron chi connectivity index (χ1n) is 5.41. The van der Waals surface area contributed by atoms with E-state index in [0.29, 0.717) is 12.5 Å². The molecule has 114 valence electrons. The van der Waals surface area contributed by atoms with Crippen LogP contribution in [0.2, 0.25) is 6.04 Å². The van der Waals surface area contributed by atoms with Gasteiger partial charge in [0.1, 0.15) is 0 Å². The van der Waals surface area contributed by atoms with Crippen molar-refractivity contribution in [3.05, 3.63) is 0 Å². The van der Waals surface area contributed by atoms with E-state index in [2.05, 4.69) is 10.1 Å². The summed E-state index contributed by atoms with van der Waals surface area (Å²) in [7, 11) is 1.64. The average molecular weight is 305 g/mol. The van der Waals surface area contributed by atoms with Crippen LogP contribution in [-0.4, -0.2) is 55.6 Å². The molecule has 0 aromatic carbocycles. The zero-order chi connectivity index (χ0) is 14.9. The molecule has 10 heteroatoms. The van der Waals surface area contributed by atoms with Gasteiger partial charge in [-0.1, -0.05) is 0 Å². The van der Waals surface area contributed by atoms with Crippen LogP contribution in [0.15, 0.2) is 0 Å². The van der Waals surface area contributed by atoms with Crippen molar-refractivity contribution in [3.8, 4) is 0 Å². The van der Waals surface area contributed by atoms with Crippen LogP contribution < -0.4 is 5.32 Å². The van der Waals surface area contributed by atoms with Gasteiger partial charge in [-0.05, 0) is 6.42 Å². The maximum absolute atomic E-state index is 11.7. The number of ether oxygens (including phenoxy) is 1. The fraction of sp³-hybridized carbons (Fsp3) is 0.889. The minimum absolute atomic E-state index is 0.140. The van der Waals surface area contributed by atoms with Crippen molar-refractivity contribution < 1.29 is 36.0 Å². The Morgan fingerprint density at radius 1 is 1.16 bits per heavy atom. The van der Waals surface area contributed by atoms with Crippen LogP contribution in [0.3, 0.4) is 0 Å². The molecule has 1 N–H and O–H groups in total. The van der Waals surface area contributed by atoms with Crippen molar-refractivity contribution in [1.29, 1.82) is 0 Å². The molecule has 0 aliphatic heterocycles. The number of halogens is 3. The maximum atomic E-state index is 11.7. The van der Waals surface area contributed by atoms with Gasteiger partial charge in [0.15, 0.2) is 6.61 Å². The fourth-order valence-corrected chi connectivity index (χ4v) is 2.97. The molecule has 0 rings (SSSR count). The number of carbonyl (C=O) groups is 1. The van der Waals surface area contributed by atoms with E-state index in [0.717, 1.165) is 0 Å². The van der Waals surface area contributed by atoms with E-state index in [-0.39, 0.29) is 6.54 Å². The van der Waals surface area contributed by atoms with Crippen LogP contribution in [0.25, 0.3) is 0 Å². The Labute approximate surface area is 110 Å². The number of carbonyl (C=O) groups excluding carboxylic acids is 1. The monoisotopic (exact) mass is 305 g/mol. The normalized spacial score (nSPS) is 12.3. The molecule has 0 spiro atoms. The van der Waals surface area contributed by atoms with E-state index in [1.165, 1.54) is 21.3 Å². The van der Waals surface area contributed by atoms with Crippen molar-refractivity contribution in [3.63, 3.8) is 0 Å². The molecule has 0 radical (unpaired) electrons. The van der Waals surface area contributed by atoms with Crippen LogP contribution in [0.4, 0.5) is 18.0 Å². The lowest BCUT2D eigenvalue weighted by Gasteiger charge is -2.24. The molecule has 0 aromatic heterocycles. The summed E-state index contributed by atoms with van der Waals surface area (Å²) in [5, 5.41) is 2.19. The molecular weight excluding hydrogens is 287 g/mol. The second kappa shape index (κ2) is 8.35. The van der Waals surface area contributed by atoms with Gasteiger partial charge in [-0.25, -0.2) is 4.79 Å². The van der Waals surface area contributed by atoms with Gasteiger partial charge in [0.2, 0.25) is 0 Å². The molecule has 0 saturated carbocycles. The molecule has 6 nitrogen and oxygen atoms in total. The van der Waals surface area contributed by atoms with E-state index in [9.17, 15) is 18.0 Å². The lowest BCUT2D eigenvalue weighted by atomic mass is 10.5. The Morgan fingerprint density at radius 2 is 1.68 bits per heavy atom. The predicted octanol–water partition coefficient (Wildman–Crippen LogP) is 1.54. The SMILES string of the molecule is CO[Si](CCCNC(=O)OCC(F)(F)F)(OC)OC. The van der Waals surface area contributed by atoms with Gasteiger partial charge < -0.3 is 23.3 Å². The van der Waals surface area contributed by atoms with Gasteiger partial charge in [0.25, 0.3) is 0 Å². The Morgan fingerprint density at radius 3 is 2.11 bits per heavy atom. The summed E-state index contributed by atoms with van der Waals surface area (Å²) in [6.45, 7) is -1.47. The van der Waals surface area contributed by atoms with Crippen molar-refractivity contribution in [1.82, 2.24) is 5.32 Å². The third-order valence-corrected chi connectivity index (χ3v) is 5.06. The number of alkyl halides is 3. The first-order valence-corrected chi connectivity index (χ1v) is 7.34. The summed E-state index contributed by atoms with van der Waals surface area (Å²) in [5.74, 6) is 0. The van der Waals surface area contributed by atoms with E-state index < -0.39 is 27.7 Å². The molecule has 0 unspecified atom stereocenters. The topological polar surface area (TPSA) is 66.0 Å². The number of amides is 1. The summed E-state index contributed by atoms with van der Waals surface area (Å²) < 4.78 is 54.6. The zero-order valence-electron chi connectivity index (χ0n) is 11.0. The van der Waals surface area contributed by atoms with E-state index in [4.69, 9.17) is 13.3 Å². The van der Waals surface area contributed by atoms with Crippen LogP contribution in [0.1, 0.15) is 6.42 Å². The molecule has 0 fully saturated rings. The molecule has 0 saturated heterocycles. The van der Waals surface area contributed by atoms with Crippen molar-refractivity contribution in [2.45, 2.75) is 18.6 Å². The average Bonchev–Trinajstić information content (AvgIpc) is 2.37. The smallest absolute Gasteiger partial charge is 0.440 e. The summed E-state index contributed by atoms with van der Waals surface area (Å²) >= 11 is 0. The number of hydrogen-bond acceptors (Lipinski definition) is 5. The third-order valence-electron chi connectivity index (χ3n) is 2.23. The molecule has 0 atom stereocenters. The van der Waals surface area contributed by atoms with E-state index in [1.54, 1.807) is 0 Å². The van der Waals surface area contributed by atoms with Gasteiger partial charge in [-0.3, -0.25) is 0 Å². The minimum atomic E-state index is -4.53. The highest BCUT2D eigenvalue weighted by Crippen LogP contribution is 2.15. The van der Waals surface area contributed by atoms with Crippen LogP contribution in [0, 0.1) is 0 Å². The molecule has 0 aliphatic rings. The summed E-state index contributed by atoms with van der Waals surface area (Å²) in [6, 6.07) is 0.427. The number of alkyl carbamates (subject to hydrolysis) is 1. The van der Waals surface area contributed by atoms with Gasteiger partial charge >= 0.3 is 21.1 Å². The van der Waals surface area contributed by atoms with Gasteiger partial charge in [0, 0.05) is 33.9 Å². The number of nitrogens with one attached hydrogen (secondary N) is 1. The lowest BCUT2D eigenvalue weighted by Crippen LogP contribution is -2.43. The van der Waals surface area contributed by atoms with Crippen LogP contribution in [0.5, 0.6) is 0 Å². The zero-order valence-corrected chi connectivity index (χ0v) is 12.0. The molecule has 1 amide bonds. The number of rotatable bonds is 8. The second-order valence-corrected chi connectivity index (χ2v) is 6.61. The van der Waals surface area contributed by atoms with E-state index >= 15 is 0 Å². The Hall–Kier alpha value is -0.843. The summed E-state index contributed by atoms with van der Waals surface area (Å²) in [4.78, 5) is 10.9. The van der Waals surface area contributed by atoms with Crippen LogP contribution in [-0.2, 0) is 18.0 Å². The molecule has 0 aliphatic carbocycles. The largest absolute Gasteiger partial charge is 0.500 e. The molecule has 0 heterocycles. The Kier molecular flexibility index (Phi) is 7.98. The minimum Gasteiger partial charge on any atom is -0.440 e. The molecule has 0 aromatic rings. The Bertz CT molecular complexity index is 265. The first kappa shape index (κ1) is 18.2. The van der Waals surface area contributed by atoms with Crippen LogP contribution >= 0.6 is 0 Å². The first-order chi connectivity index (χ1) is 8.78. The molecule has 19 heavy (non-hydrogen) atoms. The quantitative estimate of drug-likeness (QED) is 0.544. The van der Waals surface area contributed by atoms with E-state index in [1.807, 2.05) is 0 Å². The molecule has 0 bridgehead atoms. The Balaban J connectivity index is 3.82. The van der Waals surface area contributed by atoms with Gasteiger partial charge in [-0.15, -0.1) is 0 Å². The van der Waals surface area contributed by atoms with Crippen molar-refractivity contribution in [2.24, 2.45) is 0 Å². The highest BCUT2D eigenvalue weighted by Gasteiger charge is 2.36. The predicted molar refractivity (Wildman–Crippen MR) is 61.6 cm³/mol. The highest BCUT2D eigenvalue weighted by molar-refractivity contribution is 6.60. The lowest BCUT2D eigenvalue weighted by molar-refractivity contribution is -0.160. The molecular formula is C9H18F3NO5Si. The van der Waals surface area contributed by atoms with Gasteiger partial charge in [-0.2, -0.15) is 13.2 Å². The van der Waals surface area contributed by atoms with Crippen molar-refractivity contribution in [2.75, 3.05) is 34.5 Å². The number of hydrogen-bond donors (Lipinski definition) is 1. The van der Waals surface area contributed by atoms with Crippen molar-refractivity contribution >= 4 is 14.9 Å².